The van der Waals surface area contributed by atoms with Gasteiger partial charge >= 0.3 is 6.18 Å². The van der Waals surface area contributed by atoms with E-state index in [0.717, 1.165) is 10.8 Å². The molecule has 1 aromatic carbocycles. The monoisotopic (exact) mass is 474 g/mol. The first kappa shape index (κ1) is 22.4. The fraction of sp³-hybridized carbons (Fsp3) is 0.214. The number of hydrazone groups is 1. The summed E-state index contributed by atoms with van der Waals surface area (Å²) in [6.45, 7) is 6.09. The number of hydrogen-bond acceptors (Lipinski definition) is 6. The predicted molar refractivity (Wildman–Crippen MR) is 95.7 cm³/mol. The summed E-state index contributed by atoms with van der Waals surface area (Å²) in [7, 11) is -7.11. The zero-order chi connectivity index (χ0) is 20.2. The van der Waals surface area contributed by atoms with Gasteiger partial charge in [-0.3, -0.25) is 5.43 Å². The van der Waals surface area contributed by atoms with Crippen LogP contribution >= 0.6 is 15.9 Å². The van der Waals surface area contributed by atoms with Crippen molar-refractivity contribution in [3.8, 4) is 0 Å². The van der Waals surface area contributed by atoms with E-state index in [4.69, 9.17) is 0 Å². The maximum Gasteiger partial charge on any atom is 0.410 e. The molecule has 0 aromatic heterocycles. The summed E-state index contributed by atoms with van der Waals surface area (Å²) in [4.78, 5) is -0.0842. The number of benzene rings is 1. The lowest BCUT2D eigenvalue weighted by Crippen LogP contribution is -2.36. The van der Waals surface area contributed by atoms with Crippen LogP contribution in [0.5, 0.6) is 0 Å². The van der Waals surface area contributed by atoms with Gasteiger partial charge in [0.15, 0.2) is 14.9 Å². The van der Waals surface area contributed by atoms with E-state index in [-0.39, 0.29) is 4.90 Å². The quantitative estimate of drug-likeness (QED) is 0.726. The SMILES string of the molecule is C=CS(=O)(=O)C=C.O=S(=O)(C1=NNC(C(F)(F)F)C1)c1ccc(Br)cc1. The van der Waals surface area contributed by atoms with E-state index in [2.05, 4.69) is 34.2 Å². The van der Waals surface area contributed by atoms with Crippen LogP contribution in [-0.4, -0.2) is 34.1 Å². The van der Waals surface area contributed by atoms with Gasteiger partial charge in [-0.25, -0.2) is 16.8 Å². The Hall–Kier alpha value is -1.66. The first-order chi connectivity index (χ1) is 11.8. The summed E-state index contributed by atoms with van der Waals surface area (Å²) >= 11 is 3.15. The average molecular weight is 475 g/mol. The van der Waals surface area contributed by atoms with Crippen LogP contribution in [0.25, 0.3) is 0 Å². The molecule has 1 unspecified atom stereocenters. The summed E-state index contributed by atoms with van der Waals surface area (Å²) in [5, 5.41) is 4.49. The van der Waals surface area contributed by atoms with E-state index in [0.29, 0.717) is 4.47 Å². The van der Waals surface area contributed by atoms with Crippen LogP contribution in [0.4, 0.5) is 13.2 Å². The second kappa shape index (κ2) is 8.35. The largest absolute Gasteiger partial charge is 0.410 e. The van der Waals surface area contributed by atoms with Gasteiger partial charge in [0, 0.05) is 21.7 Å². The molecule has 12 heteroatoms. The molecule has 0 saturated carbocycles. The highest BCUT2D eigenvalue weighted by molar-refractivity contribution is 9.10. The maximum atomic E-state index is 12.4. The molecular formula is C14H14BrF3N2O4S2. The summed E-state index contributed by atoms with van der Waals surface area (Å²) in [5.74, 6) is 0. The maximum absolute atomic E-state index is 12.4. The molecule has 1 aromatic rings. The summed E-state index contributed by atoms with van der Waals surface area (Å²) in [6.07, 6.45) is -5.22. The molecule has 1 atom stereocenters. The Morgan fingerprint density at radius 1 is 1.12 bits per heavy atom. The van der Waals surface area contributed by atoms with Crippen LogP contribution in [0.2, 0.25) is 0 Å². The molecule has 1 N–H and O–H groups in total. The van der Waals surface area contributed by atoms with Crippen LogP contribution < -0.4 is 5.43 Å². The number of nitrogens with zero attached hydrogens (tertiary/aromatic N) is 1. The average Bonchev–Trinajstić information content (AvgIpc) is 3.07. The molecular weight excluding hydrogens is 461 g/mol. The van der Waals surface area contributed by atoms with Crippen molar-refractivity contribution in [1.82, 2.24) is 5.43 Å². The van der Waals surface area contributed by atoms with Crippen molar-refractivity contribution in [2.24, 2.45) is 5.10 Å². The minimum atomic E-state index is -4.53. The molecule has 1 heterocycles. The summed E-state index contributed by atoms with van der Waals surface area (Å²) in [6, 6.07) is 3.66. The van der Waals surface area contributed by atoms with E-state index < -0.39 is 43.4 Å². The van der Waals surface area contributed by atoms with Gasteiger partial charge in [0.05, 0.1) is 4.90 Å². The van der Waals surface area contributed by atoms with E-state index in [1.54, 1.807) is 0 Å². The fourth-order valence-electron chi connectivity index (χ4n) is 1.59. The molecule has 144 valence electrons. The van der Waals surface area contributed by atoms with Crippen LogP contribution in [0.1, 0.15) is 6.42 Å². The lowest BCUT2D eigenvalue weighted by atomic mass is 10.2. The number of rotatable bonds is 3. The number of alkyl halides is 3. The zero-order valence-corrected chi connectivity index (χ0v) is 16.3. The number of halogens is 4. The Balaban J connectivity index is 0.000000412. The standard InChI is InChI=1S/C10H8BrF3N2O2S.C4H6O2S/c11-6-1-3-7(4-2-6)19(17,18)9-5-8(15-16-9)10(12,13)14;1-3-7(5,6)4-2/h1-4,8,15H,5H2;3-4H,1-2H2. The Kier molecular flexibility index (Phi) is 7.19. The molecule has 0 aliphatic carbocycles. The van der Waals surface area contributed by atoms with Crippen molar-refractivity contribution < 1.29 is 30.0 Å². The van der Waals surface area contributed by atoms with Gasteiger partial charge in [-0.15, -0.1) is 0 Å². The van der Waals surface area contributed by atoms with Crippen molar-refractivity contribution in [1.29, 1.82) is 0 Å². The molecule has 0 amide bonds. The second-order valence-corrected chi connectivity index (χ2v) is 9.52. The molecule has 0 saturated heterocycles. The van der Waals surface area contributed by atoms with Crippen molar-refractivity contribution in [3.63, 3.8) is 0 Å². The van der Waals surface area contributed by atoms with Crippen LogP contribution in [-0.2, 0) is 19.7 Å². The van der Waals surface area contributed by atoms with Gasteiger partial charge in [-0.1, -0.05) is 29.1 Å². The topological polar surface area (TPSA) is 92.7 Å². The minimum absolute atomic E-state index is 0.0842. The van der Waals surface area contributed by atoms with Gasteiger partial charge < -0.3 is 0 Å². The molecule has 0 fully saturated rings. The first-order valence-electron chi connectivity index (χ1n) is 6.73. The normalized spacial score (nSPS) is 17.4. The van der Waals surface area contributed by atoms with Gasteiger partial charge in [0.2, 0.25) is 9.84 Å². The van der Waals surface area contributed by atoms with Crippen molar-refractivity contribution in [2.75, 3.05) is 0 Å². The van der Waals surface area contributed by atoms with Crippen LogP contribution in [0, 0.1) is 0 Å². The summed E-state index contributed by atoms with van der Waals surface area (Å²) < 4.78 is 82.4. The molecule has 6 nitrogen and oxygen atoms in total. The lowest BCUT2D eigenvalue weighted by molar-refractivity contribution is -0.151. The first-order valence-corrected chi connectivity index (χ1v) is 10.6. The van der Waals surface area contributed by atoms with E-state index in [1.165, 1.54) is 24.3 Å². The third-order valence-electron chi connectivity index (χ3n) is 3.02. The lowest BCUT2D eigenvalue weighted by Gasteiger charge is -2.13. The van der Waals surface area contributed by atoms with E-state index in [1.807, 2.05) is 5.43 Å². The summed E-state index contributed by atoms with van der Waals surface area (Å²) in [5.41, 5.74) is 1.81. The molecule has 1 aliphatic heterocycles. The van der Waals surface area contributed by atoms with Gasteiger partial charge in [-0.2, -0.15) is 18.3 Å². The molecule has 26 heavy (non-hydrogen) atoms. The third kappa shape index (κ3) is 5.95. The Morgan fingerprint density at radius 3 is 1.96 bits per heavy atom. The van der Waals surface area contributed by atoms with E-state index >= 15 is 0 Å². The number of hydrogen-bond donors (Lipinski definition) is 1. The number of sulfone groups is 2. The van der Waals surface area contributed by atoms with Crippen molar-refractivity contribution in [3.05, 3.63) is 52.7 Å². The van der Waals surface area contributed by atoms with Gasteiger partial charge in [0.1, 0.15) is 6.04 Å². The highest BCUT2D eigenvalue weighted by atomic mass is 79.9. The van der Waals surface area contributed by atoms with Crippen molar-refractivity contribution in [2.45, 2.75) is 23.5 Å². The number of nitrogens with one attached hydrogen (secondary N) is 1. The fourth-order valence-corrected chi connectivity index (χ4v) is 3.32. The van der Waals surface area contributed by atoms with Crippen LogP contribution in [0.15, 0.2) is 62.7 Å². The Labute approximate surface area is 157 Å². The van der Waals surface area contributed by atoms with Gasteiger partial charge in [0.25, 0.3) is 0 Å². The molecule has 2 rings (SSSR count). The smallest absolute Gasteiger partial charge is 0.296 e. The highest BCUT2D eigenvalue weighted by Gasteiger charge is 2.45. The molecule has 0 bridgehead atoms. The van der Waals surface area contributed by atoms with Gasteiger partial charge in [-0.05, 0) is 24.3 Å². The predicted octanol–water partition coefficient (Wildman–Crippen LogP) is 3.15. The highest BCUT2D eigenvalue weighted by Crippen LogP contribution is 2.28. The molecule has 0 radical (unpaired) electrons. The van der Waals surface area contributed by atoms with Crippen molar-refractivity contribution >= 4 is 40.6 Å². The second-order valence-electron chi connectivity index (χ2n) is 4.81. The van der Waals surface area contributed by atoms with Crippen LogP contribution in [0.3, 0.4) is 0 Å². The Morgan fingerprint density at radius 2 is 1.62 bits per heavy atom. The molecule has 1 aliphatic rings. The Bertz CT molecular complexity index is 895. The van der Waals surface area contributed by atoms with E-state index in [9.17, 15) is 30.0 Å². The minimum Gasteiger partial charge on any atom is -0.296 e. The molecule has 0 spiro atoms. The third-order valence-corrected chi connectivity index (χ3v) is 6.25. The zero-order valence-electron chi connectivity index (χ0n) is 13.1.